The summed E-state index contributed by atoms with van der Waals surface area (Å²) < 4.78 is 6.91. The second-order valence-electron chi connectivity index (χ2n) is 4.48. The number of carbonyl (C=O) groups is 1. The summed E-state index contributed by atoms with van der Waals surface area (Å²) in [5, 5.41) is 0. The van der Waals surface area contributed by atoms with E-state index in [-0.39, 0.29) is 12.5 Å². The van der Waals surface area contributed by atoms with Crippen molar-refractivity contribution in [2.45, 2.75) is 38.6 Å². The van der Waals surface area contributed by atoms with Gasteiger partial charge in [0.2, 0.25) is 5.91 Å². The average Bonchev–Trinajstić information content (AvgIpc) is 2.20. The Labute approximate surface area is 101 Å². The third kappa shape index (κ3) is 5.69. The molecule has 1 fully saturated rings. The van der Waals surface area contributed by atoms with Crippen LogP contribution in [0.3, 0.4) is 0 Å². The second kappa shape index (κ2) is 7.11. The number of hydrogen-bond donors (Lipinski definition) is 2. The lowest BCUT2D eigenvalue weighted by molar-refractivity contribution is -0.118. The highest BCUT2D eigenvalue weighted by atomic mass is 32.2. The molecule has 0 spiro atoms. The number of carbonyl (C=O) groups excluding carboxylic acids is 1. The van der Waals surface area contributed by atoms with Crippen LogP contribution in [0.15, 0.2) is 0 Å². The number of rotatable bonds is 6. The van der Waals surface area contributed by atoms with Crippen molar-refractivity contribution in [2.24, 2.45) is 11.7 Å². The van der Waals surface area contributed by atoms with E-state index in [2.05, 4.69) is 12.4 Å². The van der Waals surface area contributed by atoms with Gasteiger partial charge in [-0.1, -0.05) is 6.92 Å². The fourth-order valence-corrected chi connectivity index (χ4v) is 2.26. The minimum atomic E-state index is -0.356. The van der Waals surface area contributed by atoms with Gasteiger partial charge < -0.3 is 5.73 Å². The van der Waals surface area contributed by atoms with Crippen LogP contribution in [-0.2, 0) is 9.08 Å². The lowest BCUT2D eigenvalue weighted by Gasteiger charge is -2.26. The Hall–Kier alpha value is -0.300. The van der Waals surface area contributed by atoms with Gasteiger partial charge in [-0.25, -0.2) is 8.59 Å². The fraction of sp³-hybridized carbons (Fsp3) is 0.900. The summed E-state index contributed by atoms with van der Waals surface area (Å²) in [4.78, 5) is 10.6. The van der Waals surface area contributed by atoms with Crippen molar-refractivity contribution in [1.82, 2.24) is 9.79 Å². The molecule has 0 aliphatic heterocycles. The molecule has 0 unspecified atom stereocenters. The number of nitrogens with two attached hydrogens (primary N) is 1. The third-order valence-corrected chi connectivity index (χ3v) is 3.33. The zero-order valence-corrected chi connectivity index (χ0v) is 10.8. The molecule has 0 saturated heterocycles. The smallest absolute Gasteiger partial charge is 0.232 e. The molecule has 0 aromatic rings. The minimum absolute atomic E-state index is 0.189. The molecular formula is C10H21N3O2S. The molecule has 0 heterocycles. The Morgan fingerprint density at radius 2 is 2.12 bits per heavy atom. The van der Waals surface area contributed by atoms with Crippen molar-refractivity contribution in [3.63, 3.8) is 0 Å². The molecule has 3 N–H and O–H groups in total. The summed E-state index contributed by atoms with van der Waals surface area (Å²) >= 11 is 1.12. The molecule has 1 aliphatic carbocycles. The molecule has 0 bridgehead atoms. The van der Waals surface area contributed by atoms with Crippen LogP contribution in [0.25, 0.3) is 0 Å². The molecule has 1 amide bonds. The average molecular weight is 247 g/mol. The van der Waals surface area contributed by atoms with Crippen molar-refractivity contribution < 1.29 is 9.08 Å². The van der Waals surface area contributed by atoms with Gasteiger partial charge in [-0.05, 0) is 31.6 Å². The van der Waals surface area contributed by atoms with E-state index < -0.39 is 0 Å². The first kappa shape index (κ1) is 13.8. The van der Waals surface area contributed by atoms with E-state index >= 15 is 0 Å². The molecule has 6 heteroatoms. The predicted octanol–water partition coefficient (Wildman–Crippen LogP) is 1.07. The van der Waals surface area contributed by atoms with Crippen LogP contribution in [0.1, 0.15) is 32.6 Å². The Balaban J connectivity index is 2.04. The standard InChI is InChI=1S/C10H21N3O2S/c1-8-3-5-9(6-4-8)12-15-16-13(2)7-10(11)14/h8-9,12H,3-7H2,1-2H3,(H2,11,14). The van der Waals surface area contributed by atoms with Gasteiger partial charge in [0.05, 0.1) is 6.54 Å². The van der Waals surface area contributed by atoms with Crippen LogP contribution < -0.4 is 11.2 Å². The highest BCUT2D eigenvalue weighted by molar-refractivity contribution is 7.92. The molecule has 0 atom stereocenters. The van der Waals surface area contributed by atoms with Gasteiger partial charge in [-0.2, -0.15) is 5.48 Å². The number of hydrogen-bond acceptors (Lipinski definition) is 5. The largest absolute Gasteiger partial charge is 0.369 e. The van der Waals surface area contributed by atoms with Crippen molar-refractivity contribution in [3.8, 4) is 0 Å². The number of hydroxylamine groups is 1. The van der Waals surface area contributed by atoms with Crippen molar-refractivity contribution >= 4 is 18.1 Å². The molecular weight excluding hydrogens is 226 g/mol. The molecule has 1 aliphatic rings. The maximum absolute atomic E-state index is 10.6. The van der Waals surface area contributed by atoms with Gasteiger partial charge in [0.1, 0.15) is 12.2 Å². The molecule has 94 valence electrons. The zero-order valence-electron chi connectivity index (χ0n) is 9.94. The summed E-state index contributed by atoms with van der Waals surface area (Å²) in [5.74, 6) is 0.480. The maximum Gasteiger partial charge on any atom is 0.232 e. The molecule has 0 radical (unpaired) electrons. The van der Waals surface area contributed by atoms with Crippen LogP contribution in [0.4, 0.5) is 0 Å². The Morgan fingerprint density at radius 1 is 1.50 bits per heavy atom. The number of likely N-dealkylation sites (N-methyl/N-ethyl adjacent to an activating group) is 1. The number of nitrogens with one attached hydrogen (secondary N) is 1. The number of primary amides is 1. The zero-order chi connectivity index (χ0) is 12.0. The van der Waals surface area contributed by atoms with E-state index in [1.807, 2.05) is 0 Å². The molecule has 1 rings (SSSR count). The van der Waals surface area contributed by atoms with Gasteiger partial charge in [0, 0.05) is 13.1 Å². The normalized spacial score (nSPS) is 25.9. The first-order valence-electron chi connectivity index (χ1n) is 5.66. The summed E-state index contributed by atoms with van der Waals surface area (Å²) in [6, 6.07) is 0.436. The van der Waals surface area contributed by atoms with E-state index in [0.29, 0.717) is 6.04 Å². The highest BCUT2D eigenvalue weighted by Crippen LogP contribution is 2.23. The molecule has 0 aromatic heterocycles. The summed E-state index contributed by atoms with van der Waals surface area (Å²) in [6.07, 6.45) is 4.81. The van der Waals surface area contributed by atoms with E-state index in [0.717, 1.165) is 31.0 Å². The monoisotopic (exact) mass is 247 g/mol. The summed E-state index contributed by atoms with van der Waals surface area (Å²) in [7, 11) is 1.76. The fourth-order valence-electron chi connectivity index (χ4n) is 1.78. The third-order valence-electron chi connectivity index (χ3n) is 2.77. The van der Waals surface area contributed by atoms with E-state index in [9.17, 15) is 4.79 Å². The van der Waals surface area contributed by atoms with Crippen molar-refractivity contribution in [1.29, 1.82) is 0 Å². The first-order chi connectivity index (χ1) is 7.58. The second-order valence-corrected chi connectivity index (χ2v) is 5.42. The molecule has 1 saturated carbocycles. The van der Waals surface area contributed by atoms with Crippen LogP contribution >= 0.6 is 12.2 Å². The Bertz CT molecular complexity index is 220. The lowest BCUT2D eigenvalue weighted by Crippen LogP contribution is -2.33. The minimum Gasteiger partial charge on any atom is -0.369 e. The van der Waals surface area contributed by atoms with E-state index in [1.54, 1.807) is 11.4 Å². The molecule has 16 heavy (non-hydrogen) atoms. The number of nitrogens with zero attached hydrogens (tertiary/aromatic N) is 1. The lowest BCUT2D eigenvalue weighted by atomic mass is 9.88. The van der Waals surface area contributed by atoms with Crippen LogP contribution in [0.2, 0.25) is 0 Å². The van der Waals surface area contributed by atoms with Gasteiger partial charge >= 0.3 is 0 Å². The first-order valence-corrected chi connectivity index (χ1v) is 6.36. The van der Waals surface area contributed by atoms with Gasteiger partial charge in [0.25, 0.3) is 0 Å². The van der Waals surface area contributed by atoms with Crippen LogP contribution in [0, 0.1) is 5.92 Å². The summed E-state index contributed by atoms with van der Waals surface area (Å²) in [5.41, 5.74) is 8.07. The SMILES string of the molecule is CC1CCC(NOSN(C)CC(N)=O)CC1. The Kier molecular flexibility index (Phi) is 6.12. The molecule has 5 nitrogen and oxygen atoms in total. The quantitative estimate of drug-likeness (QED) is 0.417. The topological polar surface area (TPSA) is 67.6 Å². The van der Waals surface area contributed by atoms with Crippen LogP contribution in [-0.4, -0.2) is 29.8 Å². The maximum atomic E-state index is 10.6. The summed E-state index contributed by atoms with van der Waals surface area (Å²) in [6.45, 7) is 2.47. The molecule has 0 aromatic carbocycles. The predicted molar refractivity (Wildman–Crippen MR) is 65.1 cm³/mol. The Morgan fingerprint density at radius 3 is 2.69 bits per heavy atom. The van der Waals surface area contributed by atoms with E-state index in [4.69, 9.17) is 10.0 Å². The highest BCUT2D eigenvalue weighted by Gasteiger charge is 2.18. The van der Waals surface area contributed by atoms with Gasteiger partial charge in [0.15, 0.2) is 0 Å². The number of amides is 1. The van der Waals surface area contributed by atoms with Crippen LogP contribution in [0.5, 0.6) is 0 Å². The van der Waals surface area contributed by atoms with Crippen molar-refractivity contribution in [3.05, 3.63) is 0 Å². The van der Waals surface area contributed by atoms with Gasteiger partial charge in [-0.15, -0.1) is 0 Å². The van der Waals surface area contributed by atoms with Crippen molar-refractivity contribution in [2.75, 3.05) is 13.6 Å². The van der Waals surface area contributed by atoms with E-state index in [1.165, 1.54) is 12.8 Å². The van der Waals surface area contributed by atoms with Gasteiger partial charge in [-0.3, -0.25) is 4.79 Å².